The summed E-state index contributed by atoms with van der Waals surface area (Å²) in [5.74, 6) is 3.14. The molecule has 7 rings (SSSR count). The summed E-state index contributed by atoms with van der Waals surface area (Å²) in [6.07, 6.45) is 19.8. The molecule has 0 aromatic heterocycles. The molecule has 5 nitrogen and oxygen atoms in total. The van der Waals surface area contributed by atoms with E-state index in [-0.39, 0.29) is 16.4 Å². The molecule has 0 spiro atoms. The number of aliphatic carboxylic acids is 1. The highest BCUT2D eigenvalue weighted by Crippen LogP contribution is 2.76. The Morgan fingerprint density at radius 3 is 2.28 bits per heavy atom. The number of fused-ring (bicyclic) bond motifs is 7. The predicted octanol–water partition coefficient (Wildman–Crippen LogP) is 9.68. The Morgan fingerprint density at radius 1 is 0.900 bits per heavy atom. The summed E-state index contributed by atoms with van der Waals surface area (Å²) in [5, 5.41) is 25.4. The van der Waals surface area contributed by atoms with Gasteiger partial charge in [-0.05, 0) is 171 Å². The van der Waals surface area contributed by atoms with E-state index in [1.54, 1.807) is 0 Å². The van der Waals surface area contributed by atoms with Gasteiger partial charge in [-0.15, -0.1) is 0 Å². The second-order valence-corrected chi connectivity index (χ2v) is 20.5. The van der Waals surface area contributed by atoms with Crippen LogP contribution in [0.25, 0.3) is 0 Å². The smallest absolute Gasteiger partial charge is 0.312 e. The van der Waals surface area contributed by atoms with Crippen LogP contribution in [0.3, 0.4) is 0 Å². The van der Waals surface area contributed by atoms with Crippen molar-refractivity contribution in [3.05, 3.63) is 23.3 Å². The molecule has 4 saturated carbocycles. The lowest BCUT2D eigenvalue weighted by molar-refractivity contribution is -0.223. The lowest BCUT2D eigenvalue weighted by Gasteiger charge is -2.72. The van der Waals surface area contributed by atoms with Crippen LogP contribution in [-0.4, -0.2) is 53.8 Å². The number of aliphatic hydroxyl groups is 1. The standard InChI is InChI=1S/C44H70FNO4/c1-29(2)31-12-19-44(46-25-22-43(49)23-26-50-27-24-43)21-20-40(6)33(36(31)44)8-9-35-39(5)15-13-32(38(3,4)34(39)14-16-41(35,40)7)30-10-17-42(28-45,18-11-30)37(47)48/h10,13,29,31,33-36,46,49H,8-9,11-12,14-28H2,1-7H3,(H,47,48)/t31-,33+,34-,35+,36+,39-,40+,41+,42-,44-/m0/s1. The Labute approximate surface area is 303 Å². The summed E-state index contributed by atoms with van der Waals surface area (Å²) in [6.45, 7) is 19.5. The minimum atomic E-state index is -1.25. The average Bonchev–Trinajstić information content (AvgIpc) is 3.45. The van der Waals surface area contributed by atoms with Gasteiger partial charge < -0.3 is 20.3 Å². The summed E-state index contributed by atoms with van der Waals surface area (Å²) >= 11 is 0. The van der Waals surface area contributed by atoms with Crippen LogP contribution in [0.4, 0.5) is 4.39 Å². The third-order valence-electron chi connectivity index (χ3n) is 18.1. The first-order valence-corrected chi connectivity index (χ1v) is 20.8. The van der Waals surface area contributed by atoms with Crippen LogP contribution >= 0.6 is 0 Å². The second kappa shape index (κ2) is 12.7. The van der Waals surface area contributed by atoms with Gasteiger partial charge in [0, 0.05) is 18.8 Å². The van der Waals surface area contributed by atoms with Gasteiger partial charge in [-0.2, -0.15) is 0 Å². The number of hydrogen-bond donors (Lipinski definition) is 3. The van der Waals surface area contributed by atoms with Gasteiger partial charge in [-0.3, -0.25) is 4.79 Å². The summed E-state index contributed by atoms with van der Waals surface area (Å²) in [7, 11) is 0. The molecule has 0 unspecified atom stereocenters. The molecule has 0 aromatic rings. The van der Waals surface area contributed by atoms with Crippen molar-refractivity contribution < 1.29 is 24.1 Å². The average molecular weight is 696 g/mol. The van der Waals surface area contributed by atoms with Crippen LogP contribution in [0.15, 0.2) is 23.3 Å². The first-order valence-electron chi connectivity index (χ1n) is 20.8. The number of nitrogens with one attached hydrogen (secondary N) is 1. The summed E-state index contributed by atoms with van der Waals surface area (Å²) in [5.41, 5.74) is 1.92. The highest BCUT2D eigenvalue weighted by atomic mass is 19.1. The van der Waals surface area contributed by atoms with Gasteiger partial charge in [-0.25, -0.2) is 4.39 Å². The molecule has 282 valence electrons. The maximum Gasteiger partial charge on any atom is 0.312 e. The van der Waals surface area contributed by atoms with E-state index in [1.807, 2.05) is 0 Å². The van der Waals surface area contributed by atoms with E-state index in [4.69, 9.17) is 4.74 Å². The van der Waals surface area contributed by atoms with Crippen LogP contribution < -0.4 is 5.32 Å². The highest BCUT2D eigenvalue weighted by molar-refractivity contribution is 5.75. The van der Waals surface area contributed by atoms with E-state index in [1.165, 1.54) is 62.5 Å². The van der Waals surface area contributed by atoms with Gasteiger partial charge in [0.1, 0.15) is 6.67 Å². The molecule has 1 aliphatic heterocycles. The number of carboxylic acid groups (broad SMARTS) is 1. The van der Waals surface area contributed by atoms with Crippen molar-refractivity contribution in [2.75, 3.05) is 26.4 Å². The third kappa shape index (κ3) is 5.39. The van der Waals surface area contributed by atoms with Gasteiger partial charge in [0.2, 0.25) is 0 Å². The first-order chi connectivity index (χ1) is 23.5. The van der Waals surface area contributed by atoms with Crippen molar-refractivity contribution in [2.45, 2.75) is 156 Å². The van der Waals surface area contributed by atoms with Crippen molar-refractivity contribution in [1.29, 1.82) is 0 Å². The van der Waals surface area contributed by atoms with E-state index >= 15 is 0 Å². The Balaban J connectivity index is 1.15. The third-order valence-corrected chi connectivity index (χ3v) is 18.1. The van der Waals surface area contributed by atoms with Crippen LogP contribution in [0, 0.1) is 62.6 Å². The van der Waals surface area contributed by atoms with Crippen molar-refractivity contribution in [3.8, 4) is 0 Å². The van der Waals surface area contributed by atoms with Gasteiger partial charge in [0.25, 0.3) is 0 Å². The van der Waals surface area contributed by atoms with Crippen LogP contribution in [-0.2, 0) is 9.53 Å². The van der Waals surface area contributed by atoms with E-state index in [0.29, 0.717) is 67.0 Å². The minimum absolute atomic E-state index is 0.00517. The summed E-state index contributed by atoms with van der Waals surface area (Å²) < 4.78 is 19.6. The van der Waals surface area contributed by atoms with Gasteiger partial charge in [0.05, 0.1) is 11.0 Å². The number of alkyl halides is 1. The molecule has 6 heteroatoms. The number of carbonyl (C=O) groups is 1. The van der Waals surface area contributed by atoms with Crippen molar-refractivity contribution in [1.82, 2.24) is 5.32 Å². The number of hydrogen-bond acceptors (Lipinski definition) is 4. The van der Waals surface area contributed by atoms with Crippen LogP contribution in [0.1, 0.15) is 145 Å². The Morgan fingerprint density at radius 2 is 1.64 bits per heavy atom. The van der Waals surface area contributed by atoms with Crippen molar-refractivity contribution >= 4 is 5.97 Å². The molecular weight excluding hydrogens is 625 g/mol. The molecule has 7 aliphatic rings. The zero-order chi connectivity index (χ0) is 36.0. The van der Waals surface area contributed by atoms with Gasteiger partial charge >= 0.3 is 5.97 Å². The molecule has 0 amide bonds. The highest BCUT2D eigenvalue weighted by Gasteiger charge is 2.70. The van der Waals surface area contributed by atoms with Crippen molar-refractivity contribution in [2.24, 2.45) is 62.6 Å². The fraction of sp³-hybridized carbons (Fsp3) is 0.886. The first kappa shape index (κ1) is 37.1. The van der Waals surface area contributed by atoms with Gasteiger partial charge in [0.15, 0.2) is 0 Å². The number of carboxylic acids is 1. The number of halogens is 1. The fourth-order valence-corrected chi connectivity index (χ4v) is 14.9. The molecule has 1 heterocycles. The normalized spacial score (nSPS) is 46.6. The van der Waals surface area contributed by atoms with E-state index in [0.717, 1.165) is 44.1 Å². The quantitative estimate of drug-likeness (QED) is 0.236. The zero-order valence-electron chi connectivity index (χ0n) is 32.6. The molecule has 0 bridgehead atoms. The second-order valence-electron chi connectivity index (χ2n) is 20.5. The summed E-state index contributed by atoms with van der Waals surface area (Å²) in [6, 6.07) is 0. The maximum atomic E-state index is 14.0. The number of allylic oxidation sites excluding steroid dienone is 4. The largest absolute Gasteiger partial charge is 0.481 e. The summed E-state index contributed by atoms with van der Waals surface area (Å²) in [4.78, 5) is 12.0. The SMILES string of the molecule is CC(C)[C@@H]1CC[C@]2(NCCC3(O)CCOCC3)CC[C@]3(C)[C@H](CC[C@@H]4[C@@]5(C)CC=C(C6=CC[C@](CF)(C(=O)O)CC6)C(C)(C)[C@@H]5CC[C@]43C)[C@@H]12. The molecule has 50 heavy (non-hydrogen) atoms. The molecule has 0 radical (unpaired) electrons. The topological polar surface area (TPSA) is 78.8 Å². The predicted molar refractivity (Wildman–Crippen MR) is 198 cm³/mol. The molecule has 5 fully saturated rings. The molecule has 6 aliphatic carbocycles. The molecular formula is C44H70FNO4. The molecule has 0 aromatic carbocycles. The van der Waals surface area contributed by atoms with Gasteiger partial charge in [-0.1, -0.05) is 60.6 Å². The van der Waals surface area contributed by atoms with E-state index < -0.39 is 23.7 Å². The van der Waals surface area contributed by atoms with Crippen molar-refractivity contribution in [3.63, 3.8) is 0 Å². The Bertz CT molecular complexity index is 1380. The molecule has 10 atom stereocenters. The minimum Gasteiger partial charge on any atom is -0.481 e. The lowest BCUT2D eigenvalue weighted by Crippen LogP contribution is -2.68. The monoisotopic (exact) mass is 696 g/mol. The zero-order valence-corrected chi connectivity index (χ0v) is 32.6. The van der Waals surface area contributed by atoms with E-state index in [9.17, 15) is 19.4 Å². The fourth-order valence-electron chi connectivity index (χ4n) is 14.9. The number of rotatable bonds is 8. The van der Waals surface area contributed by atoms with E-state index in [2.05, 4.69) is 65.9 Å². The molecule has 1 saturated heterocycles. The van der Waals surface area contributed by atoms with Crippen LogP contribution in [0.2, 0.25) is 0 Å². The maximum absolute atomic E-state index is 14.0. The lowest BCUT2D eigenvalue weighted by atomic mass is 9.32. The Kier molecular flexibility index (Phi) is 9.40. The van der Waals surface area contributed by atoms with Crippen LogP contribution in [0.5, 0.6) is 0 Å². The number of ether oxygens (including phenoxy) is 1. The molecule has 3 N–H and O–H groups in total. The Hall–Kier alpha value is -1.24.